The number of aromatic nitrogens is 2. The smallest absolute Gasteiger partial charge is 0.255 e. The zero-order valence-electron chi connectivity index (χ0n) is 13.1. The first kappa shape index (κ1) is 17.0. The van der Waals surface area contributed by atoms with Crippen molar-refractivity contribution in [1.82, 2.24) is 14.9 Å². The van der Waals surface area contributed by atoms with Crippen LogP contribution in [0.5, 0.6) is 0 Å². The molecule has 7 heteroatoms. The Kier molecular flexibility index (Phi) is 5.53. The number of amides is 1. The minimum atomic E-state index is -0.00227. The predicted octanol–water partition coefficient (Wildman–Crippen LogP) is 4.02. The molecule has 0 spiro atoms. The second-order valence-corrected chi connectivity index (χ2v) is 6.54. The standard InChI is InChI=1S/C17H18Cl2N4O/c18-14-8-13(17(24)23-6-2-1-3-7-23)11-22-16(14)21-10-12-4-5-15(19)20-9-12/h4-5,8-9,11H,1-3,6-7,10H2,(H,21,22). The van der Waals surface area contributed by atoms with Crippen molar-refractivity contribution in [2.75, 3.05) is 18.4 Å². The molecule has 3 rings (SSSR count). The summed E-state index contributed by atoms with van der Waals surface area (Å²) in [5.74, 6) is 0.541. The molecular weight excluding hydrogens is 347 g/mol. The molecule has 1 aliphatic heterocycles. The molecule has 1 saturated heterocycles. The maximum absolute atomic E-state index is 12.5. The van der Waals surface area contributed by atoms with Crippen LogP contribution in [-0.4, -0.2) is 33.9 Å². The van der Waals surface area contributed by atoms with E-state index in [0.29, 0.717) is 28.1 Å². The van der Waals surface area contributed by atoms with E-state index in [4.69, 9.17) is 23.2 Å². The van der Waals surface area contributed by atoms with Crippen LogP contribution in [-0.2, 0) is 6.54 Å². The number of rotatable bonds is 4. The average Bonchev–Trinajstić information content (AvgIpc) is 2.62. The van der Waals surface area contributed by atoms with Crippen molar-refractivity contribution >= 4 is 34.9 Å². The van der Waals surface area contributed by atoms with Gasteiger partial charge >= 0.3 is 0 Å². The van der Waals surface area contributed by atoms with Gasteiger partial charge in [-0.05, 0) is 37.0 Å². The number of anilines is 1. The number of pyridine rings is 2. The van der Waals surface area contributed by atoms with Crippen LogP contribution >= 0.6 is 23.2 Å². The lowest BCUT2D eigenvalue weighted by Crippen LogP contribution is -2.35. The van der Waals surface area contributed by atoms with E-state index in [1.165, 1.54) is 6.42 Å². The molecule has 2 aromatic heterocycles. The molecule has 5 nitrogen and oxygen atoms in total. The summed E-state index contributed by atoms with van der Waals surface area (Å²) in [6.45, 7) is 2.14. The maximum atomic E-state index is 12.5. The van der Waals surface area contributed by atoms with Gasteiger partial charge in [-0.25, -0.2) is 9.97 Å². The maximum Gasteiger partial charge on any atom is 0.255 e. The first-order valence-corrected chi connectivity index (χ1v) is 8.68. The summed E-state index contributed by atoms with van der Waals surface area (Å²) in [6.07, 6.45) is 6.57. The molecule has 0 aromatic carbocycles. The molecule has 1 amide bonds. The minimum Gasteiger partial charge on any atom is -0.365 e. The van der Waals surface area contributed by atoms with Crippen LogP contribution in [0.4, 0.5) is 5.82 Å². The lowest BCUT2D eigenvalue weighted by Gasteiger charge is -2.26. The fourth-order valence-corrected chi connectivity index (χ4v) is 3.01. The van der Waals surface area contributed by atoms with Gasteiger partial charge in [-0.3, -0.25) is 4.79 Å². The minimum absolute atomic E-state index is 0.00227. The third-order valence-electron chi connectivity index (χ3n) is 3.98. The van der Waals surface area contributed by atoms with E-state index in [1.807, 2.05) is 11.0 Å². The summed E-state index contributed by atoms with van der Waals surface area (Å²) >= 11 is 12.0. The van der Waals surface area contributed by atoms with Gasteiger partial charge in [0.25, 0.3) is 5.91 Å². The summed E-state index contributed by atoms with van der Waals surface area (Å²) in [5.41, 5.74) is 1.49. The van der Waals surface area contributed by atoms with Gasteiger partial charge in [0.05, 0.1) is 10.6 Å². The SMILES string of the molecule is O=C(c1cnc(NCc2ccc(Cl)nc2)c(Cl)c1)N1CCCCC1. The molecule has 0 unspecified atom stereocenters. The van der Waals surface area contributed by atoms with Crippen LogP contribution in [0.2, 0.25) is 10.2 Å². The van der Waals surface area contributed by atoms with Gasteiger partial charge in [-0.2, -0.15) is 0 Å². The number of carbonyl (C=O) groups excluding carboxylic acids is 1. The van der Waals surface area contributed by atoms with E-state index < -0.39 is 0 Å². The lowest BCUT2D eigenvalue weighted by molar-refractivity contribution is 0.0724. The molecule has 0 radical (unpaired) electrons. The van der Waals surface area contributed by atoms with E-state index in [0.717, 1.165) is 31.5 Å². The third kappa shape index (κ3) is 4.16. The summed E-state index contributed by atoms with van der Waals surface area (Å²) < 4.78 is 0. The predicted molar refractivity (Wildman–Crippen MR) is 95.6 cm³/mol. The Morgan fingerprint density at radius 3 is 2.58 bits per heavy atom. The van der Waals surface area contributed by atoms with Gasteiger partial charge in [0, 0.05) is 32.0 Å². The molecule has 126 valence electrons. The summed E-state index contributed by atoms with van der Waals surface area (Å²) in [4.78, 5) is 22.6. The summed E-state index contributed by atoms with van der Waals surface area (Å²) in [7, 11) is 0. The van der Waals surface area contributed by atoms with Crippen molar-refractivity contribution in [3.05, 3.63) is 51.9 Å². The van der Waals surface area contributed by atoms with Crippen LogP contribution < -0.4 is 5.32 Å². The highest BCUT2D eigenvalue weighted by atomic mass is 35.5. The second kappa shape index (κ2) is 7.81. The number of likely N-dealkylation sites (tertiary alicyclic amines) is 1. The monoisotopic (exact) mass is 364 g/mol. The van der Waals surface area contributed by atoms with Crippen LogP contribution in [0.3, 0.4) is 0 Å². The normalized spacial score (nSPS) is 14.5. The van der Waals surface area contributed by atoms with Crippen molar-refractivity contribution in [2.45, 2.75) is 25.8 Å². The van der Waals surface area contributed by atoms with Gasteiger partial charge in [0.15, 0.2) is 0 Å². The Balaban J connectivity index is 1.65. The number of carbonyl (C=O) groups is 1. The van der Waals surface area contributed by atoms with Gasteiger partial charge in [0.1, 0.15) is 11.0 Å². The Hall–Kier alpha value is -1.85. The van der Waals surface area contributed by atoms with Crippen LogP contribution in [0.1, 0.15) is 35.2 Å². The Labute approximate surface area is 151 Å². The fourth-order valence-electron chi connectivity index (χ4n) is 2.66. The Morgan fingerprint density at radius 1 is 1.12 bits per heavy atom. The topological polar surface area (TPSA) is 58.1 Å². The average molecular weight is 365 g/mol. The number of hydrogen-bond acceptors (Lipinski definition) is 4. The number of piperidine rings is 1. The van der Waals surface area contributed by atoms with Crippen molar-refractivity contribution in [1.29, 1.82) is 0 Å². The molecule has 0 atom stereocenters. The zero-order valence-corrected chi connectivity index (χ0v) is 14.6. The van der Waals surface area contributed by atoms with E-state index in [9.17, 15) is 4.79 Å². The number of halogens is 2. The van der Waals surface area contributed by atoms with Gasteiger partial charge in [0.2, 0.25) is 0 Å². The van der Waals surface area contributed by atoms with Gasteiger partial charge in [-0.1, -0.05) is 29.3 Å². The Morgan fingerprint density at radius 2 is 1.92 bits per heavy atom. The van der Waals surface area contributed by atoms with Crippen molar-refractivity contribution < 1.29 is 4.79 Å². The van der Waals surface area contributed by atoms with Crippen LogP contribution in [0.15, 0.2) is 30.6 Å². The number of hydrogen-bond donors (Lipinski definition) is 1. The quantitative estimate of drug-likeness (QED) is 0.832. The fraction of sp³-hybridized carbons (Fsp3) is 0.353. The Bertz CT molecular complexity index is 715. The zero-order chi connectivity index (χ0) is 16.9. The highest BCUT2D eigenvalue weighted by molar-refractivity contribution is 6.33. The molecule has 2 aromatic rings. The molecule has 1 fully saturated rings. The molecule has 0 aliphatic carbocycles. The first-order valence-electron chi connectivity index (χ1n) is 7.92. The third-order valence-corrected chi connectivity index (χ3v) is 4.49. The van der Waals surface area contributed by atoms with E-state index in [-0.39, 0.29) is 5.91 Å². The summed E-state index contributed by atoms with van der Waals surface area (Å²) in [6, 6.07) is 5.28. The lowest BCUT2D eigenvalue weighted by atomic mass is 10.1. The highest BCUT2D eigenvalue weighted by Gasteiger charge is 2.19. The molecule has 3 heterocycles. The highest BCUT2D eigenvalue weighted by Crippen LogP contribution is 2.22. The van der Waals surface area contributed by atoms with Gasteiger partial charge < -0.3 is 10.2 Å². The first-order chi connectivity index (χ1) is 11.6. The number of nitrogens with one attached hydrogen (secondary N) is 1. The van der Waals surface area contributed by atoms with Gasteiger partial charge in [-0.15, -0.1) is 0 Å². The molecule has 1 aliphatic rings. The second-order valence-electron chi connectivity index (χ2n) is 5.75. The summed E-state index contributed by atoms with van der Waals surface area (Å²) in [5, 5.41) is 4.03. The van der Waals surface area contributed by atoms with Crippen molar-refractivity contribution in [3.63, 3.8) is 0 Å². The number of nitrogens with zero attached hydrogens (tertiary/aromatic N) is 3. The molecular formula is C17H18Cl2N4O. The van der Waals surface area contributed by atoms with E-state index >= 15 is 0 Å². The molecule has 0 saturated carbocycles. The van der Waals surface area contributed by atoms with E-state index in [2.05, 4.69) is 15.3 Å². The van der Waals surface area contributed by atoms with E-state index in [1.54, 1.807) is 24.5 Å². The molecule has 1 N–H and O–H groups in total. The van der Waals surface area contributed by atoms with Crippen LogP contribution in [0, 0.1) is 0 Å². The molecule has 0 bridgehead atoms. The largest absolute Gasteiger partial charge is 0.365 e. The molecule has 24 heavy (non-hydrogen) atoms. The van der Waals surface area contributed by atoms with Crippen LogP contribution in [0.25, 0.3) is 0 Å². The van der Waals surface area contributed by atoms with Crippen molar-refractivity contribution in [2.24, 2.45) is 0 Å². The van der Waals surface area contributed by atoms with Crippen molar-refractivity contribution in [3.8, 4) is 0 Å².